The fourth-order valence-corrected chi connectivity index (χ4v) is 3.09. The number of benzene rings is 1. The second-order valence-corrected chi connectivity index (χ2v) is 6.17. The van der Waals surface area contributed by atoms with Crippen molar-refractivity contribution in [3.63, 3.8) is 0 Å². The van der Waals surface area contributed by atoms with Gasteiger partial charge in [0.05, 0.1) is 6.07 Å². The van der Waals surface area contributed by atoms with Crippen molar-refractivity contribution < 1.29 is 14.3 Å². The van der Waals surface area contributed by atoms with Crippen molar-refractivity contribution in [3.05, 3.63) is 65.5 Å². The Labute approximate surface area is 142 Å². The Morgan fingerprint density at radius 3 is 2.54 bits per heavy atom. The average molecular weight is 326 g/mol. The Balaban J connectivity index is 1.44. The number of amides is 1. The second-order valence-electron chi connectivity index (χ2n) is 6.17. The Morgan fingerprint density at radius 2 is 1.83 bits per heavy atom. The summed E-state index contributed by atoms with van der Waals surface area (Å²) >= 11 is 0. The average Bonchev–Trinajstić information content (AvgIpc) is 2.62. The van der Waals surface area contributed by atoms with E-state index in [1.807, 2.05) is 11.0 Å². The zero-order valence-electron chi connectivity index (χ0n) is 13.6. The lowest BCUT2D eigenvalue weighted by Gasteiger charge is -2.32. The molecule has 5 heteroatoms. The van der Waals surface area contributed by atoms with Crippen LogP contribution in [0.2, 0.25) is 0 Å². The highest BCUT2D eigenvalue weighted by molar-refractivity contribution is 5.77. The highest BCUT2D eigenvalue weighted by Gasteiger charge is 2.23. The number of ether oxygens (including phenoxy) is 1. The lowest BCUT2D eigenvalue weighted by Crippen LogP contribution is -2.42. The van der Waals surface area contributed by atoms with E-state index in [-0.39, 0.29) is 18.4 Å². The quantitative estimate of drug-likeness (QED) is 0.625. The van der Waals surface area contributed by atoms with Gasteiger partial charge in [0.2, 0.25) is 0 Å². The fraction of sp³-hybridized carbons (Fsp3) is 0.368. The van der Waals surface area contributed by atoms with E-state index < -0.39 is 0 Å². The maximum atomic E-state index is 12.2. The van der Waals surface area contributed by atoms with E-state index in [9.17, 15) is 10.0 Å². The van der Waals surface area contributed by atoms with Gasteiger partial charge in [0.25, 0.3) is 5.91 Å². The SMILES string of the molecule is O=C(COc1cccc[n+]1[O-])N1CCC(Cc2ccccc2)CC1. The molecule has 0 radical (unpaired) electrons. The molecule has 2 heterocycles. The van der Waals surface area contributed by atoms with Crippen LogP contribution >= 0.6 is 0 Å². The number of carbonyl (C=O) groups excluding carboxylic acids is 1. The number of nitrogens with zero attached hydrogens (tertiary/aromatic N) is 2. The van der Waals surface area contributed by atoms with Crippen LogP contribution in [-0.4, -0.2) is 30.5 Å². The summed E-state index contributed by atoms with van der Waals surface area (Å²) in [6.07, 6.45) is 4.44. The van der Waals surface area contributed by atoms with Crippen LogP contribution in [0.15, 0.2) is 54.7 Å². The number of rotatable bonds is 5. The minimum atomic E-state index is -0.0877. The number of piperidine rings is 1. The van der Waals surface area contributed by atoms with Crippen LogP contribution in [0.5, 0.6) is 5.88 Å². The predicted octanol–water partition coefficient (Wildman–Crippen LogP) is 2.18. The Bertz CT molecular complexity index is 667. The van der Waals surface area contributed by atoms with Crippen molar-refractivity contribution in [1.29, 1.82) is 0 Å². The lowest BCUT2D eigenvalue weighted by molar-refractivity contribution is -0.612. The van der Waals surface area contributed by atoms with Crippen LogP contribution in [-0.2, 0) is 11.2 Å². The van der Waals surface area contributed by atoms with E-state index in [0.717, 1.165) is 32.4 Å². The highest BCUT2D eigenvalue weighted by Crippen LogP contribution is 2.21. The van der Waals surface area contributed by atoms with Crippen molar-refractivity contribution in [3.8, 4) is 5.88 Å². The van der Waals surface area contributed by atoms with Crippen molar-refractivity contribution >= 4 is 5.91 Å². The summed E-state index contributed by atoms with van der Waals surface area (Å²) in [7, 11) is 0. The van der Waals surface area contributed by atoms with Gasteiger partial charge in [-0.15, -0.1) is 4.73 Å². The molecule has 126 valence electrons. The summed E-state index contributed by atoms with van der Waals surface area (Å²) in [6, 6.07) is 15.4. The summed E-state index contributed by atoms with van der Waals surface area (Å²) in [6.45, 7) is 1.42. The van der Waals surface area contributed by atoms with Gasteiger partial charge in [-0.25, -0.2) is 0 Å². The molecule has 1 amide bonds. The van der Waals surface area contributed by atoms with Crippen LogP contribution in [0.25, 0.3) is 0 Å². The van der Waals surface area contributed by atoms with Crippen LogP contribution in [0.4, 0.5) is 0 Å². The molecule has 0 unspecified atom stereocenters. The molecular formula is C19H22N2O3. The monoisotopic (exact) mass is 326 g/mol. The van der Waals surface area contributed by atoms with Gasteiger partial charge in [0.1, 0.15) is 0 Å². The molecule has 2 aromatic rings. The zero-order valence-corrected chi connectivity index (χ0v) is 13.6. The first-order valence-corrected chi connectivity index (χ1v) is 8.35. The predicted molar refractivity (Wildman–Crippen MR) is 90.3 cm³/mol. The van der Waals surface area contributed by atoms with Crippen LogP contribution in [0.1, 0.15) is 18.4 Å². The highest BCUT2D eigenvalue weighted by atomic mass is 16.6. The standard InChI is InChI=1S/C19H22N2O3/c22-18(15-24-19-8-4-5-11-21(19)23)20-12-9-17(10-13-20)14-16-6-2-1-3-7-16/h1-8,11,17H,9-10,12-15H2. The number of carbonyl (C=O) groups is 1. The number of pyridine rings is 1. The summed E-state index contributed by atoms with van der Waals surface area (Å²) < 4.78 is 5.96. The van der Waals surface area contributed by atoms with E-state index in [1.165, 1.54) is 11.8 Å². The second kappa shape index (κ2) is 7.81. The first-order chi connectivity index (χ1) is 11.7. The first kappa shape index (κ1) is 16.3. The van der Waals surface area contributed by atoms with Gasteiger partial charge < -0.3 is 14.8 Å². The van der Waals surface area contributed by atoms with Gasteiger partial charge >= 0.3 is 5.88 Å². The van der Waals surface area contributed by atoms with Gasteiger partial charge in [-0.05, 0) is 36.8 Å². The number of hydrogen-bond donors (Lipinski definition) is 0. The van der Waals surface area contributed by atoms with Crippen LogP contribution in [0.3, 0.4) is 0 Å². The van der Waals surface area contributed by atoms with Gasteiger partial charge in [-0.1, -0.05) is 30.3 Å². The largest absolute Gasteiger partial charge is 0.616 e. The molecule has 0 saturated carbocycles. The van der Waals surface area contributed by atoms with E-state index in [2.05, 4.69) is 24.3 Å². The molecule has 1 aromatic heterocycles. The van der Waals surface area contributed by atoms with E-state index in [4.69, 9.17) is 4.74 Å². The maximum Gasteiger partial charge on any atom is 0.379 e. The van der Waals surface area contributed by atoms with Crippen molar-refractivity contribution in [2.75, 3.05) is 19.7 Å². The maximum absolute atomic E-state index is 12.2. The third-order valence-corrected chi connectivity index (χ3v) is 4.47. The molecule has 1 aromatic carbocycles. The molecule has 0 aliphatic carbocycles. The van der Waals surface area contributed by atoms with Gasteiger partial charge in [-0.2, -0.15) is 0 Å². The van der Waals surface area contributed by atoms with E-state index >= 15 is 0 Å². The van der Waals surface area contributed by atoms with E-state index in [0.29, 0.717) is 10.6 Å². The molecule has 0 bridgehead atoms. The lowest BCUT2D eigenvalue weighted by atomic mass is 9.90. The Kier molecular flexibility index (Phi) is 5.31. The molecule has 1 aliphatic heterocycles. The van der Waals surface area contributed by atoms with Crippen molar-refractivity contribution in [2.24, 2.45) is 5.92 Å². The summed E-state index contributed by atoms with van der Waals surface area (Å²) in [5.74, 6) is 0.720. The van der Waals surface area contributed by atoms with E-state index in [1.54, 1.807) is 18.2 Å². The normalized spacial score (nSPS) is 15.2. The Hall–Kier alpha value is -2.56. The van der Waals surface area contributed by atoms with Gasteiger partial charge in [0, 0.05) is 19.2 Å². The molecule has 0 spiro atoms. The molecule has 0 atom stereocenters. The molecule has 1 saturated heterocycles. The molecule has 24 heavy (non-hydrogen) atoms. The zero-order chi connectivity index (χ0) is 16.8. The minimum absolute atomic E-state index is 0.0583. The summed E-state index contributed by atoms with van der Waals surface area (Å²) in [4.78, 5) is 14.1. The molecule has 5 nitrogen and oxygen atoms in total. The molecule has 1 aliphatic rings. The summed E-state index contributed by atoms with van der Waals surface area (Å²) in [5.41, 5.74) is 1.36. The van der Waals surface area contributed by atoms with Crippen LogP contribution in [0, 0.1) is 11.1 Å². The molecular weight excluding hydrogens is 304 g/mol. The Morgan fingerprint density at radius 1 is 1.12 bits per heavy atom. The number of aromatic nitrogens is 1. The van der Waals surface area contributed by atoms with Crippen molar-refractivity contribution in [2.45, 2.75) is 19.3 Å². The number of likely N-dealkylation sites (tertiary alicyclic amines) is 1. The van der Waals surface area contributed by atoms with Gasteiger partial charge in [-0.3, -0.25) is 4.79 Å². The van der Waals surface area contributed by atoms with Crippen molar-refractivity contribution in [1.82, 2.24) is 4.90 Å². The van der Waals surface area contributed by atoms with Gasteiger partial charge in [0.15, 0.2) is 12.8 Å². The number of hydrogen-bond acceptors (Lipinski definition) is 3. The van der Waals surface area contributed by atoms with Crippen LogP contribution < -0.4 is 9.47 Å². The third kappa shape index (κ3) is 4.25. The summed E-state index contributed by atoms with van der Waals surface area (Å²) in [5, 5.41) is 11.5. The minimum Gasteiger partial charge on any atom is -0.616 e. The fourth-order valence-electron chi connectivity index (χ4n) is 3.09. The topological polar surface area (TPSA) is 56.5 Å². The molecule has 0 N–H and O–H groups in total. The molecule has 3 rings (SSSR count). The smallest absolute Gasteiger partial charge is 0.379 e. The first-order valence-electron chi connectivity index (χ1n) is 8.35. The third-order valence-electron chi connectivity index (χ3n) is 4.47. The molecule has 1 fully saturated rings.